The van der Waals surface area contributed by atoms with Crippen molar-refractivity contribution in [2.75, 3.05) is 5.32 Å². The average molecular weight is 460 g/mol. The van der Waals surface area contributed by atoms with Gasteiger partial charge in [-0.1, -0.05) is 35.9 Å². The highest BCUT2D eigenvalue weighted by atomic mass is 35.5. The number of benzene rings is 2. The van der Waals surface area contributed by atoms with Crippen LogP contribution in [0.1, 0.15) is 46.6 Å². The highest BCUT2D eigenvalue weighted by Crippen LogP contribution is 2.19. The number of nitrogens with one attached hydrogen (secondary N) is 2. The van der Waals surface area contributed by atoms with Crippen molar-refractivity contribution in [1.82, 2.24) is 10.3 Å². The van der Waals surface area contributed by atoms with Crippen LogP contribution in [-0.4, -0.2) is 17.0 Å². The molecule has 2 amide bonds. The summed E-state index contributed by atoms with van der Waals surface area (Å²) in [5.41, 5.74) is 1.92. The van der Waals surface area contributed by atoms with Crippen LogP contribution in [0.4, 0.5) is 19.3 Å². The molecular formula is C23H20ClF2N3O3. The Morgan fingerprint density at radius 1 is 1.03 bits per heavy atom. The molecule has 32 heavy (non-hydrogen) atoms. The van der Waals surface area contributed by atoms with Crippen molar-refractivity contribution >= 4 is 29.3 Å². The number of anilines is 1. The molecule has 0 radical (unpaired) electrons. The average Bonchev–Trinajstić information content (AvgIpc) is 2.79. The summed E-state index contributed by atoms with van der Waals surface area (Å²) in [5.74, 6) is -0.432. The predicted molar refractivity (Wildman–Crippen MR) is 117 cm³/mol. The van der Waals surface area contributed by atoms with Crippen molar-refractivity contribution in [2.24, 2.45) is 0 Å². The Morgan fingerprint density at radius 3 is 2.31 bits per heavy atom. The summed E-state index contributed by atoms with van der Waals surface area (Å²) in [4.78, 5) is 27.9. The van der Waals surface area contributed by atoms with Crippen molar-refractivity contribution in [2.45, 2.75) is 26.0 Å². The van der Waals surface area contributed by atoms with Crippen LogP contribution in [0.5, 0.6) is 0 Å². The summed E-state index contributed by atoms with van der Waals surface area (Å²) in [7, 11) is 0. The fraction of sp³-hybridized carbons (Fsp3) is 0.174. The Kier molecular flexibility index (Phi) is 7.72. The van der Waals surface area contributed by atoms with Gasteiger partial charge >= 0.3 is 6.09 Å². The monoisotopic (exact) mass is 459 g/mol. The zero-order valence-electron chi connectivity index (χ0n) is 17.0. The summed E-state index contributed by atoms with van der Waals surface area (Å²) < 4.78 is 30.3. The van der Waals surface area contributed by atoms with Crippen molar-refractivity contribution in [3.05, 3.63) is 94.3 Å². The molecule has 166 valence electrons. The van der Waals surface area contributed by atoms with Crippen LogP contribution >= 0.6 is 11.6 Å². The lowest BCUT2D eigenvalue weighted by Crippen LogP contribution is -2.26. The summed E-state index contributed by atoms with van der Waals surface area (Å²) in [6, 6.07) is 15.9. The normalized spacial score (nSPS) is 11.7. The van der Waals surface area contributed by atoms with Crippen LogP contribution in [0.25, 0.3) is 0 Å². The Bertz CT molecular complexity index is 1060. The molecule has 0 aliphatic carbocycles. The number of halogens is 3. The van der Waals surface area contributed by atoms with Gasteiger partial charge in [-0.05, 0) is 54.4 Å². The number of carbonyl (C=O) groups is 2. The van der Waals surface area contributed by atoms with Crippen molar-refractivity contribution in [3.8, 4) is 0 Å². The fourth-order valence-corrected chi connectivity index (χ4v) is 2.90. The number of aromatic nitrogens is 1. The maximum absolute atomic E-state index is 12.6. The summed E-state index contributed by atoms with van der Waals surface area (Å²) in [6.07, 6.45) is -2.17. The first-order valence-corrected chi connectivity index (χ1v) is 10.0. The smallest absolute Gasteiger partial charge is 0.411 e. The molecule has 2 aromatic carbocycles. The zero-order valence-corrected chi connectivity index (χ0v) is 17.8. The lowest BCUT2D eigenvalue weighted by atomic mass is 10.1. The Labute approximate surface area is 188 Å². The Morgan fingerprint density at radius 2 is 1.72 bits per heavy atom. The van der Waals surface area contributed by atoms with Gasteiger partial charge in [0.15, 0.2) is 0 Å². The van der Waals surface area contributed by atoms with Crippen molar-refractivity contribution in [1.29, 1.82) is 0 Å². The second-order valence-corrected chi connectivity index (χ2v) is 7.35. The number of hydrogen-bond donors (Lipinski definition) is 2. The van der Waals surface area contributed by atoms with E-state index in [1.807, 2.05) is 0 Å². The maximum Gasteiger partial charge on any atom is 0.411 e. The molecule has 3 rings (SSSR count). The third-order valence-corrected chi connectivity index (χ3v) is 4.81. The molecule has 1 heterocycles. The third kappa shape index (κ3) is 6.49. The highest BCUT2D eigenvalue weighted by molar-refractivity contribution is 6.30. The summed E-state index contributed by atoms with van der Waals surface area (Å²) >= 11 is 5.82. The van der Waals surface area contributed by atoms with Crippen LogP contribution in [0, 0.1) is 0 Å². The van der Waals surface area contributed by atoms with Gasteiger partial charge in [-0.25, -0.2) is 13.6 Å². The molecule has 3 aromatic rings. The number of hydrogen-bond acceptors (Lipinski definition) is 4. The van der Waals surface area contributed by atoms with E-state index in [0.717, 1.165) is 23.4 Å². The van der Waals surface area contributed by atoms with E-state index < -0.39 is 18.4 Å². The van der Waals surface area contributed by atoms with Gasteiger partial charge in [0.2, 0.25) is 0 Å². The second-order valence-electron chi connectivity index (χ2n) is 6.92. The number of rotatable bonds is 7. The molecule has 0 spiro atoms. The Balaban J connectivity index is 1.50. The lowest BCUT2D eigenvalue weighted by Gasteiger charge is -2.15. The van der Waals surface area contributed by atoms with Crippen LogP contribution in [0.2, 0.25) is 5.02 Å². The molecule has 0 bridgehead atoms. The molecule has 1 atom stereocenters. The number of ether oxygens (including phenoxy) is 1. The Hall–Kier alpha value is -3.52. The van der Waals surface area contributed by atoms with Crippen LogP contribution < -0.4 is 10.6 Å². The molecule has 0 saturated carbocycles. The van der Waals surface area contributed by atoms with E-state index in [9.17, 15) is 18.4 Å². The van der Waals surface area contributed by atoms with Crippen LogP contribution in [-0.2, 0) is 11.3 Å². The fourth-order valence-electron chi connectivity index (χ4n) is 2.77. The van der Waals surface area contributed by atoms with E-state index in [4.69, 9.17) is 16.3 Å². The largest absolute Gasteiger partial charge is 0.444 e. The summed E-state index contributed by atoms with van der Waals surface area (Å²) in [6.45, 7) is 1.89. The van der Waals surface area contributed by atoms with Gasteiger partial charge in [0.05, 0.1) is 11.6 Å². The first-order valence-electron chi connectivity index (χ1n) is 9.65. The molecule has 1 aromatic heterocycles. The van der Waals surface area contributed by atoms with Crippen LogP contribution in [0.3, 0.4) is 0 Å². The topological polar surface area (TPSA) is 80.3 Å². The highest BCUT2D eigenvalue weighted by Gasteiger charge is 2.14. The summed E-state index contributed by atoms with van der Waals surface area (Å²) in [5, 5.41) is 6.00. The molecule has 0 unspecified atom stereocenters. The minimum Gasteiger partial charge on any atom is -0.444 e. The van der Waals surface area contributed by atoms with E-state index >= 15 is 0 Å². The van der Waals surface area contributed by atoms with E-state index in [0.29, 0.717) is 10.7 Å². The van der Waals surface area contributed by atoms with E-state index in [-0.39, 0.29) is 23.9 Å². The molecule has 0 saturated heterocycles. The standard InChI is InChI=1S/C23H20ClF2N3O3/c1-14(28-22(30)17-6-11-20(21(25)26)27-12-17)16-4-9-19(10-5-16)29-23(31)32-13-15-2-7-18(24)8-3-15/h2-12,14,21H,13H2,1H3,(H,28,30)(H,29,31)/t14-/m0/s1. The molecule has 0 fully saturated rings. The zero-order chi connectivity index (χ0) is 23.1. The minimum absolute atomic E-state index is 0.108. The van der Waals surface area contributed by atoms with Gasteiger partial charge in [-0.15, -0.1) is 0 Å². The van der Waals surface area contributed by atoms with Crippen LogP contribution in [0.15, 0.2) is 66.9 Å². The van der Waals surface area contributed by atoms with Gasteiger partial charge in [0, 0.05) is 16.9 Å². The van der Waals surface area contributed by atoms with Gasteiger partial charge < -0.3 is 10.1 Å². The molecule has 6 nitrogen and oxygen atoms in total. The maximum atomic E-state index is 12.6. The number of nitrogens with zero attached hydrogens (tertiary/aromatic N) is 1. The van der Waals surface area contributed by atoms with E-state index in [2.05, 4.69) is 15.6 Å². The lowest BCUT2D eigenvalue weighted by molar-refractivity contribution is 0.0938. The number of amides is 2. The first-order chi connectivity index (χ1) is 15.3. The molecule has 0 aliphatic heterocycles. The van der Waals surface area contributed by atoms with Gasteiger partial charge in [-0.2, -0.15) is 0 Å². The number of alkyl halides is 2. The predicted octanol–water partition coefficient (Wildman–Crippen LogP) is 5.91. The quantitative estimate of drug-likeness (QED) is 0.460. The second kappa shape index (κ2) is 10.7. The first kappa shape index (κ1) is 23.1. The van der Waals surface area contributed by atoms with Crippen molar-refractivity contribution < 1.29 is 23.1 Å². The van der Waals surface area contributed by atoms with Gasteiger partial charge in [0.1, 0.15) is 12.3 Å². The number of pyridine rings is 1. The van der Waals surface area contributed by atoms with Crippen molar-refractivity contribution in [3.63, 3.8) is 0 Å². The molecule has 9 heteroatoms. The van der Waals surface area contributed by atoms with E-state index in [1.54, 1.807) is 55.5 Å². The van der Waals surface area contributed by atoms with Gasteiger partial charge in [0.25, 0.3) is 12.3 Å². The van der Waals surface area contributed by atoms with Gasteiger partial charge in [-0.3, -0.25) is 15.1 Å². The third-order valence-electron chi connectivity index (χ3n) is 4.56. The molecule has 0 aliphatic rings. The SMILES string of the molecule is C[C@H](NC(=O)c1ccc(C(F)F)nc1)c1ccc(NC(=O)OCc2ccc(Cl)cc2)cc1. The minimum atomic E-state index is -2.69. The molecular weight excluding hydrogens is 440 g/mol. The number of carbonyl (C=O) groups excluding carboxylic acids is 2. The molecule has 2 N–H and O–H groups in total. The van der Waals surface area contributed by atoms with E-state index in [1.165, 1.54) is 6.07 Å².